The quantitative estimate of drug-likeness (QED) is 0.578. The van der Waals surface area contributed by atoms with E-state index in [1.807, 2.05) is 54.6 Å². The van der Waals surface area contributed by atoms with E-state index in [2.05, 4.69) is 4.98 Å². The maximum Gasteiger partial charge on any atom is 0.216 e. The second-order valence-corrected chi connectivity index (χ2v) is 5.15. The number of para-hydroxylation sites is 1. The normalized spacial score (nSPS) is 12.2. The Labute approximate surface area is 127 Å². The number of aromatic nitrogens is 1. The first-order valence-corrected chi connectivity index (χ1v) is 7.01. The third-order valence-electron chi connectivity index (χ3n) is 3.78. The van der Waals surface area contributed by atoms with Gasteiger partial charge in [0.2, 0.25) is 6.54 Å². The Balaban J connectivity index is 2.02. The van der Waals surface area contributed by atoms with Crippen molar-refractivity contribution in [2.24, 2.45) is 0 Å². The van der Waals surface area contributed by atoms with Crippen LogP contribution in [0.3, 0.4) is 0 Å². The molecule has 0 fully saturated rings. The van der Waals surface area contributed by atoms with Crippen molar-refractivity contribution in [1.82, 2.24) is 4.98 Å². The van der Waals surface area contributed by atoms with Crippen LogP contribution in [0.5, 0.6) is 5.75 Å². The van der Waals surface area contributed by atoms with Gasteiger partial charge >= 0.3 is 0 Å². The number of ether oxygens (including phenoxy) is 1. The van der Waals surface area contributed by atoms with Crippen LogP contribution in [0.25, 0.3) is 10.9 Å². The number of rotatable bonds is 5. The zero-order chi connectivity index (χ0) is 15.5. The minimum Gasteiger partial charge on any atom is -0.497 e. The van der Waals surface area contributed by atoms with Crippen LogP contribution in [0.4, 0.5) is 0 Å². The number of hydrogen-bond donors (Lipinski definition) is 1. The van der Waals surface area contributed by atoms with Gasteiger partial charge in [-0.25, -0.2) is 0 Å². The van der Waals surface area contributed by atoms with Crippen LogP contribution in [-0.4, -0.2) is 23.6 Å². The van der Waals surface area contributed by atoms with Crippen molar-refractivity contribution in [3.63, 3.8) is 0 Å². The number of aromatic amines is 1. The monoisotopic (exact) mass is 296 g/mol. The predicted molar refractivity (Wildman–Crippen MR) is 85.0 cm³/mol. The highest BCUT2D eigenvalue weighted by atomic mass is 16.6. The Morgan fingerprint density at radius 3 is 2.55 bits per heavy atom. The van der Waals surface area contributed by atoms with Gasteiger partial charge in [-0.05, 0) is 35.2 Å². The SMILES string of the molecule is COc1ccc([C@H](C[N+](=O)[O-])c2cc3ccccc3[nH]2)cc1. The molecule has 0 radical (unpaired) electrons. The van der Waals surface area contributed by atoms with Crippen molar-refractivity contribution in [3.05, 3.63) is 76.0 Å². The molecule has 3 rings (SSSR count). The zero-order valence-corrected chi connectivity index (χ0v) is 12.2. The number of benzene rings is 2. The van der Waals surface area contributed by atoms with E-state index in [9.17, 15) is 10.1 Å². The third-order valence-corrected chi connectivity index (χ3v) is 3.78. The number of nitrogens with zero attached hydrogens (tertiary/aromatic N) is 1. The molecule has 5 heteroatoms. The van der Waals surface area contributed by atoms with E-state index in [0.717, 1.165) is 27.9 Å². The van der Waals surface area contributed by atoms with Crippen LogP contribution in [-0.2, 0) is 0 Å². The summed E-state index contributed by atoms with van der Waals surface area (Å²) in [7, 11) is 1.60. The summed E-state index contributed by atoms with van der Waals surface area (Å²) in [5, 5.41) is 12.1. The molecule has 0 saturated heterocycles. The molecular formula is C17H16N2O3. The fourth-order valence-electron chi connectivity index (χ4n) is 2.65. The maximum atomic E-state index is 11.1. The molecule has 0 aliphatic carbocycles. The molecule has 1 atom stereocenters. The highest BCUT2D eigenvalue weighted by Crippen LogP contribution is 2.28. The van der Waals surface area contributed by atoms with Gasteiger partial charge in [0.05, 0.1) is 13.0 Å². The molecule has 5 nitrogen and oxygen atoms in total. The minimum atomic E-state index is -0.312. The largest absolute Gasteiger partial charge is 0.497 e. The van der Waals surface area contributed by atoms with Gasteiger partial charge < -0.3 is 9.72 Å². The molecule has 0 bridgehead atoms. The number of methoxy groups -OCH3 is 1. The average molecular weight is 296 g/mol. The lowest BCUT2D eigenvalue weighted by Crippen LogP contribution is -2.14. The molecule has 0 saturated carbocycles. The number of H-pyrrole nitrogens is 1. The van der Waals surface area contributed by atoms with Crippen molar-refractivity contribution in [2.45, 2.75) is 5.92 Å². The molecule has 2 aromatic carbocycles. The van der Waals surface area contributed by atoms with Gasteiger partial charge in [0.1, 0.15) is 5.75 Å². The lowest BCUT2D eigenvalue weighted by Gasteiger charge is -2.12. The van der Waals surface area contributed by atoms with Gasteiger partial charge in [-0.1, -0.05) is 30.3 Å². The lowest BCUT2D eigenvalue weighted by atomic mass is 9.95. The topological polar surface area (TPSA) is 68.2 Å². The van der Waals surface area contributed by atoms with Crippen LogP contribution in [0.15, 0.2) is 54.6 Å². The predicted octanol–water partition coefficient (Wildman–Crippen LogP) is 3.59. The molecule has 3 aromatic rings. The van der Waals surface area contributed by atoms with Gasteiger partial charge in [0.25, 0.3) is 0 Å². The van der Waals surface area contributed by atoms with E-state index >= 15 is 0 Å². The van der Waals surface area contributed by atoms with Gasteiger partial charge in [-0.15, -0.1) is 0 Å². The molecule has 0 aliphatic rings. The van der Waals surface area contributed by atoms with Crippen LogP contribution >= 0.6 is 0 Å². The molecule has 0 spiro atoms. The summed E-state index contributed by atoms with van der Waals surface area (Å²) in [6.45, 7) is -0.154. The van der Waals surface area contributed by atoms with E-state index in [1.54, 1.807) is 7.11 Å². The fraction of sp³-hybridized carbons (Fsp3) is 0.176. The lowest BCUT2D eigenvalue weighted by molar-refractivity contribution is -0.481. The van der Waals surface area contributed by atoms with Crippen LogP contribution in [0.1, 0.15) is 17.2 Å². The maximum absolute atomic E-state index is 11.1. The molecule has 0 amide bonds. The first kappa shape index (κ1) is 14.1. The molecule has 0 unspecified atom stereocenters. The van der Waals surface area contributed by atoms with Crippen LogP contribution < -0.4 is 4.74 Å². The molecule has 0 aliphatic heterocycles. The molecule has 112 valence electrons. The van der Waals surface area contributed by atoms with Crippen molar-refractivity contribution in [3.8, 4) is 5.75 Å². The van der Waals surface area contributed by atoms with E-state index in [-0.39, 0.29) is 17.4 Å². The highest BCUT2D eigenvalue weighted by molar-refractivity contribution is 5.80. The highest BCUT2D eigenvalue weighted by Gasteiger charge is 2.22. The third kappa shape index (κ3) is 2.79. The second kappa shape index (κ2) is 5.89. The summed E-state index contributed by atoms with van der Waals surface area (Å²) in [6, 6.07) is 17.2. The van der Waals surface area contributed by atoms with Gasteiger partial charge in [0.15, 0.2) is 0 Å². The summed E-state index contributed by atoms with van der Waals surface area (Å²) in [4.78, 5) is 14.1. The fourth-order valence-corrected chi connectivity index (χ4v) is 2.65. The zero-order valence-electron chi connectivity index (χ0n) is 12.2. The van der Waals surface area contributed by atoms with Crippen LogP contribution in [0, 0.1) is 10.1 Å². The van der Waals surface area contributed by atoms with E-state index in [4.69, 9.17) is 4.74 Å². The van der Waals surface area contributed by atoms with Crippen molar-refractivity contribution < 1.29 is 9.66 Å². The standard InChI is InChI=1S/C17H16N2O3/c1-22-14-8-6-12(7-9-14)15(11-19(20)21)17-10-13-4-2-3-5-16(13)18-17/h2-10,15,18H,11H2,1H3/t15-/m0/s1. The van der Waals surface area contributed by atoms with Crippen LogP contribution in [0.2, 0.25) is 0 Å². The summed E-state index contributed by atoms with van der Waals surface area (Å²) in [6.07, 6.45) is 0. The number of nitro groups is 1. The minimum absolute atomic E-state index is 0.154. The summed E-state index contributed by atoms with van der Waals surface area (Å²) >= 11 is 0. The molecular weight excluding hydrogens is 280 g/mol. The van der Waals surface area contributed by atoms with E-state index in [1.165, 1.54) is 0 Å². The first-order valence-electron chi connectivity index (χ1n) is 7.01. The van der Waals surface area contributed by atoms with Crippen molar-refractivity contribution >= 4 is 10.9 Å². The van der Waals surface area contributed by atoms with E-state index in [0.29, 0.717) is 0 Å². The summed E-state index contributed by atoms with van der Waals surface area (Å²) in [5.41, 5.74) is 2.73. The molecule has 1 heterocycles. The molecule has 1 aromatic heterocycles. The van der Waals surface area contributed by atoms with E-state index < -0.39 is 0 Å². The first-order chi connectivity index (χ1) is 10.7. The smallest absolute Gasteiger partial charge is 0.216 e. The van der Waals surface area contributed by atoms with Crippen molar-refractivity contribution in [2.75, 3.05) is 13.7 Å². The molecule has 22 heavy (non-hydrogen) atoms. The number of fused-ring (bicyclic) bond motifs is 1. The average Bonchev–Trinajstić information content (AvgIpc) is 2.96. The summed E-state index contributed by atoms with van der Waals surface area (Å²) < 4.78 is 5.14. The van der Waals surface area contributed by atoms with Gasteiger partial charge in [-0.3, -0.25) is 10.1 Å². The van der Waals surface area contributed by atoms with Gasteiger partial charge in [-0.2, -0.15) is 0 Å². The Morgan fingerprint density at radius 2 is 1.91 bits per heavy atom. The van der Waals surface area contributed by atoms with Gasteiger partial charge in [0, 0.05) is 16.1 Å². The number of nitrogens with one attached hydrogen (secondary N) is 1. The Kier molecular flexibility index (Phi) is 3.78. The Hall–Kier alpha value is -2.82. The Morgan fingerprint density at radius 1 is 1.18 bits per heavy atom. The number of hydrogen-bond acceptors (Lipinski definition) is 3. The Bertz CT molecular complexity index is 760. The summed E-state index contributed by atoms with van der Waals surface area (Å²) in [5.74, 6) is 0.425. The molecule has 1 N–H and O–H groups in total. The second-order valence-electron chi connectivity index (χ2n) is 5.15. The van der Waals surface area contributed by atoms with Crippen molar-refractivity contribution in [1.29, 1.82) is 0 Å².